The number of nitrogens with zero attached hydrogens (tertiary/aromatic N) is 4. The lowest BCUT2D eigenvalue weighted by molar-refractivity contribution is -0.134. The van der Waals surface area contributed by atoms with Gasteiger partial charge in [-0.05, 0) is 70.2 Å². The van der Waals surface area contributed by atoms with Gasteiger partial charge in [0.25, 0.3) is 0 Å². The number of benzene rings is 2. The Morgan fingerprint density at radius 2 is 1.71 bits per heavy atom. The van der Waals surface area contributed by atoms with E-state index in [-0.39, 0.29) is 5.91 Å². The van der Waals surface area contributed by atoms with Gasteiger partial charge < -0.3 is 4.90 Å². The fourth-order valence-electron chi connectivity index (χ4n) is 4.35. The Balaban J connectivity index is 1.65. The molecule has 0 spiro atoms. The molecule has 0 radical (unpaired) electrons. The molecule has 0 aliphatic carbocycles. The van der Waals surface area contributed by atoms with Crippen molar-refractivity contribution in [2.45, 2.75) is 64.2 Å². The van der Waals surface area contributed by atoms with E-state index in [1.807, 2.05) is 30.3 Å². The molecule has 5 nitrogen and oxygen atoms in total. The summed E-state index contributed by atoms with van der Waals surface area (Å²) in [4.78, 5) is 15.1. The van der Waals surface area contributed by atoms with Gasteiger partial charge in [-0.25, -0.2) is 0 Å². The number of carbonyl (C=O) groups excluding carboxylic acids is 1. The van der Waals surface area contributed by atoms with Gasteiger partial charge in [-0.15, -0.1) is 10.2 Å². The number of thioether (sulfide) groups is 1. The zero-order valence-electron chi connectivity index (χ0n) is 18.7. The van der Waals surface area contributed by atoms with Crippen LogP contribution in [0.2, 0.25) is 0 Å². The van der Waals surface area contributed by atoms with E-state index in [0.717, 1.165) is 35.1 Å². The molecule has 1 fully saturated rings. The molecular formula is C25H30N4OS. The Bertz CT molecular complexity index is 1050. The third-order valence-electron chi connectivity index (χ3n) is 6.22. The maximum atomic E-state index is 13.1. The summed E-state index contributed by atoms with van der Waals surface area (Å²) in [7, 11) is 0. The van der Waals surface area contributed by atoms with Gasteiger partial charge >= 0.3 is 0 Å². The Labute approximate surface area is 188 Å². The molecule has 2 aromatic carbocycles. The van der Waals surface area contributed by atoms with Crippen molar-refractivity contribution in [1.82, 2.24) is 19.7 Å². The van der Waals surface area contributed by atoms with Crippen molar-refractivity contribution in [1.29, 1.82) is 0 Å². The lowest BCUT2D eigenvalue weighted by atomic mass is 9.98. The van der Waals surface area contributed by atoms with E-state index in [1.165, 1.54) is 29.3 Å². The molecule has 162 valence electrons. The highest BCUT2D eigenvalue weighted by molar-refractivity contribution is 7.99. The van der Waals surface area contributed by atoms with Crippen LogP contribution in [0, 0.1) is 13.8 Å². The molecule has 4 rings (SSSR count). The number of aromatic nitrogens is 3. The van der Waals surface area contributed by atoms with Gasteiger partial charge in [-0.3, -0.25) is 9.36 Å². The summed E-state index contributed by atoms with van der Waals surface area (Å²) in [5.74, 6) is 1.34. The van der Waals surface area contributed by atoms with Crippen LogP contribution in [-0.2, 0) is 4.79 Å². The van der Waals surface area contributed by atoms with Crippen LogP contribution < -0.4 is 0 Å². The largest absolute Gasteiger partial charge is 0.337 e. The number of likely N-dealkylation sites (tertiary alicyclic amines) is 1. The van der Waals surface area contributed by atoms with Crippen molar-refractivity contribution in [3.8, 4) is 17.1 Å². The number of amides is 1. The second-order valence-corrected chi connectivity index (χ2v) is 9.44. The minimum Gasteiger partial charge on any atom is -0.337 e. The number of hydrogen-bond donors (Lipinski definition) is 0. The predicted molar refractivity (Wildman–Crippen MR) is 127 cm³/mol. The monoisotopic (exact) mass is 434 g/mol. The fraction of sp³-hybridized carbons (Fsp3) is 0.400. The summed E-state index contributed by atoms with van der Waals surface area (Å²) in [6, 6.07) is 17.1. The average molecular weight is 435 g/mol. The van der Waals surface area contributed by atoms with Gasteiger partial charge in [-0.1, -0.05) is 48.2 Å². The molecule has 2 heterocycles. The number of aryl methyl sites for hydroxylation is 2. The Morgan fingerprint density at radius 3 is 2.39 bits per heavy atom. The molecular weight excluding hydrogens is 404 g/mol. The summed E-state index contributed by atoms with van der Waals surface area (Å²) in [5.41, 5.74) is 4.48. The molecule has 3 aromatic rings. The van der Waals surface area contributed by atoms with Gasteiger partial charge in [0.05, 0.1) is 11.4 Å². The molecule has 1 aromatic heterocycles. The van der Waals surface area contributed by atoms with Crippen LogP contribution in [0.1, 0.15) is 44.2 Å². The van der Waals surface area contributed by atoms with E-state index in [9.17, 15) is 4.79 Å². The molecule has 2 unspecified atom stereocenters. The van der Waals surface area contributed by atoms with Crippen molar-refractivity contribution in [3.05, 3.63) is 59.7 Å². The van der Waals surface area contributed by atoms with E-state index in [4.69, 9.17) is 0 Å². The fourth-order valence-corrected chi connectivity index (χ4v) is 5.17. The first-order valence-corrected chi connectivity index (χ1v) is 12.0. The highest BCUT2D eigenvalue weighted by Crippen LogP contribution is 2.30. The van der Waals surface area contributed by atoms with Crippen molar-refractivity contribution < 1.29 is 4.79 Å². The van der Waals surface area contributed by atoms with Crippen LogP contribution in [0.25, 0.3) is 17.1 Å². The van der Waals surface area contributed by atoms with Crippen LogP contribution in [0.4, 0.5) is 0 Å². The zero-order valence-corrected chi connectivity index (χ0v) is 19.5. The molecule has 1 aliphatic heterocycles. The summed E-state index contributed by atoms with van der Waals surface area (Å²) >= 11 is 1.47. The van der Waals surface area contributed by atoms with Crippen LogP contribution in [0.3, 0.4) is 0 Å². The second kappa shape index (κ2) is 9.27. The predicted octanol–water partition coefficient (Wildman–Crippen LogP) is 5.43. The van der Waals surface area contributed by atoms with E-state index in [1.54, 1.807) is 0 Å². The van der Waals surface area contributed by atoms with Crippen molar-refractivity contribution in [3.63, 3.8) is 0 Å². The molecule has 31 heavy (non-hydrogen) atoms. The smallest absolute Gasteiger partial charge is 0.233 e. The first kappa shape index (κ1) is 21.6. The summed E-state index contributed by atoms with van der Waals surface area (Å²) < 4.78 is 2.07. The van der Waals surface area contributed by atoms with Crippen molar-refractivity contribution in [2.75, 3.05) is 5.75 Å². The molecule has 1 saturated heterocycles. The van der Waals surface area contributed by atoms with Crippen LogP contribution in [0.5, 0.6) is 0 Å². The molecule has 0 saturated carbocycles. The van der Waals surface area contributed by atoms with Gasteiger partial charge in [0.15, 0.2) is 11.0 Å². The minimum atomic E-state index is 0.181. The molecule has 0 N–H and O–H groups in total. The lowest BCUT2D eigenvalue weighted by Gasteiger charge is -2.39. The standard InChI is InChI=1S/C25H30N4OS/c1-17-13-14-22(15-18(17)2)29-24(21-11-6-5-7-12-21)26-27-25(29)31-16-23(30)28-19(3)9-8-10-20(28)4/h5-7,11-15,19-20H,8-10,16H2,1-4H3. The first-order chi connectivity index (χ1) is 15.0. The average Bonchev–Trinajstić information content (AvgIpc) is 3.18. The van der Waals surface area contributed by atoms with Crippen LogP contribution in [-0.4, -0.2) is 43.4 Å². The Morgan fingerprint density at radius 1 is 1.00 bits per heavy atom. The van der Waals surface area contributed by atoms with E-state index in [2.05, 4.69) is 65.6 Å². The SMILES string of the molecule is Cc1ccc(-n2c(SCC(=O)N3C(C)CCCC3C)nnc2-c2ccccc2)cc1C. The van der Waals surface area contributed by atoms with Crippen LogP contribution in [0.15, 0.2) is 53.7 Å². The van der Waals surface area contributed by atoms with E-state index < -0.39 is 0 Å². The van der Waals surface area contributed by atoms with Gasteiger partial charge in [-0.2, -0.15) is 0 Å². The van der Waals surface area contributed by atoms with Crippen LogP contribution >= 0.6 is 11.8 Å². The summed E-state index contributed by atoms with van der Waals surface area (Å²) in [6.45, 7) is 8.53. The third kappa shape index (κ3) is 4.54. The van der Waals surface area contributed by atoms with Gasteiger partial charge in [0.1, 0.15) is 0 Å². The molecule has 1 amide bonds. The molecule has 6 heteroatoms. The summed E-state index contributed by atoms with van der Waals surface area (Å²) in [5, 5.41) is 9.73. The van der Waals surface area contributed by atoms with Crippen molar-refractivity contribution >= 4 is 17.7 Å². The molecule has 0 bridgehead atoms. The second-order valence-electron chi connectivity index (χ2n) is 8.49. The van der Waals surface area contributed by atoms with Gasteiger partial charge in [0.2, 0.25) is 5.91 Å². The number of hydrogen-bond acceptors (Lipinski definition) is 4. The number of carbonyl (C=O) groups is 1. The topological polar surface area (TPSA) is 51.0 Å². The number of piperidine rings is 1. The lowest BCUT2D eigenvalue weighted by Crippen LogP contribution is -2.48. The molecule has 2 atom stereocenters. The highest BCUT2D eigenvalue weighted by Gasteiger charge is 2.29. The number of rotatable bonds is 5. The Hall–Kier alpha value is -2.60. The van der Waals surface area contributed by atoms with Crippen molar-refractivity contribution in [2.24, 2.45) is 0 Å². The third-order valence-corrected chi connectivity index (χ3v) is 7.13. The minimum absolute atomic E-state index is 0.181. The maximum Gasteiger partial charge on any atom is 0.233 e. The molecule has 1 aliphatic rings. The zero-order chi connectivity index (χ0) is 22.0. The summed E-state index contributed by atoms with van der Waals surface area (Å²) in [6.07, 6.45) is 3.36. The van der Waals surface area contributed by atoms with E-state index >= 15 is 0 Å². The van der Waals surface area contributed by atoms with Gasteiger partial charge in [0, 0.05) is 17.6 Å². The first-order valence-electron chi connectivity index (χ1n) is 11.0. The maximum absolute atomic E-state index is 13.1. The quantitative estimate of drug-likeness (QED) is 0.502. The highest BCUT2D eigenvalue weighted by atomic mass is 32.2. The Kier molecular flexibility index (Phi) is 6.46. The van der Waals surface area contributed by atoms with E-state index in [0.29, 0.717) is 17.8 Å². The normalized spacial score (nSPS) is 18.9.